The maximum absolute atomic E-state index is 8.93. The highest BCUT2D eigenvalue weighted by atomic mass is 16.5. The van der Waals surface area contributed by atoms with E-state index in [1.807, 2.05) is 0 Å². The molecule has 0 N–H and O–H groups in total. The maximum atomic E-state index is 8.93. The highest BCUT2D eigenvalue weighted by Crippen LogP contribution is 2.31. The fraction of sp³-hybridized carbons (Fsp3) is 0.333. The Morgan fingerprint density at radius 3 is 3.00 bits per heavy atom. The van der Waals surface area contributed by atoms with Crippen LogP contribution in [-0.2, 0) is 0 Å². The molecule has 18 heavy (non-hydrogen) atoms. The van der Waals surface area contributed by atoms with Crippen molar-refractivity contribution < 1.29 is 4.74 Å². The largest absolute Gasteiger partial charge is 0.491 e. The molecule has 0 amide bonds. The van der Waals surface area contributed by atoms with Crippen molar-refractivity contribution in [2.24, 2.45) is 5.92 Å². The van der Waals surface area contributed by atoms with Crippen LogP contribution in [0, 0.1) is 17.2 Å². The van der Waals surface area contributed by atoms with E-state index in [-0.39, 0.29) is 0 Å². The van der Waals surface area contributed by atoms with Crippen LogP contribution in [0.3, 0.4) is 0 Å². The molecule has 0 saturated heterocycles. The van der Waals surface area contributed by atoms with Crippen LogP contribution in [0.4, 0.5) is 0 Å². The van der Waals surface area contributed by atoms with Crippen molar-refractivity contribution >= 4 is 0 Å². The molecule has 6 heteroatoms. The molecule has 1 heterocycles. The average molecular weight is 241 g/mol. The molecule has 1 aliphatic rings. The molecule has 0 unspecified atom stereocenters. The second-order valence-corrected chi connectivity index (χ2v) is 4.30. The Morgan fingerprint density at radius 1 is 1.44 bits per heavy atom. The number of benzene rings is 1. The predicted molar refractivity (Wildman–Crippen MR) is 62.1 cm³/mol. The van der Waals surface area contributed by atoms with E-state index in [1.54, 1.807) is 18.2 Å². The molecule has 6 nitrogen and oxygen atoms in total. The van der Waals surface area contributed by atoms with Crippen LogP contribution in [0.25, 0.3) is 5.69 Å². The van der Waals surface area contributed by atoms with E-state index in [1.165, 1.54) is 23.9 Å². The van der Waals surface area contributed by atoms with Gasteiger partial charge in [-0.3, -0.25) is 0 Å². The third-order valence-corrected chi connectivity index (χ3v) is 2.86. The molecule has 0 spiro atoms. The fourth-order valence-corrected chi connectivity index (χ4v) is 1.65. The lowest BCUT2D eigenvalue weighted by Crippen LogP contribution is -2.04. The van der Waals surface area contributed by atoms with E-state index >= 15 is 0 Å². The molecule has 0 atom stereocenters. The zero-order valence-electron chi connectivity index (χ0n) is 9.65. The molecule has 1 aliphatic carbocycles. The molecule has 90 valence electrons. The molecule has 0 bridgehead atoms. The monoisotopic (exact) mass is 241 g/mol. The summed E-state index contributed by atoms with van der Waals surface area (Å²) in [6.45, 7) is 0.709. The topological polar surface area (TPSA) is 76.6 Å². The van der Waals surface area contributed by atoms with Gasteiger partial charge in [0, 0.05) is 0 Å². The van der Waals surface area contributed by atoms with Crippen LogP contribution in [0.15, 0.2) is 24.5 Å². The van der Waals surface area contributed by atoms with Gasteiger partial charge in [0.15, 0.2) is 0 Å². The summed E-state index contributed by atoms with van der Waals surface area (Å²) in [4.78, 5) is 0. The number of hydrogen-bond donors (Lipinski definition) is 0. The second kappa shape index (κ2) is 4.45. The van der Waals surface area contributed by atoms with Gasteiger partial charge < -0.3 is 4.74 Å². The van der Waals surface area contributed by atoms with Gasteiger partial charge in [0.1, 0.15) is 17.8 Å². The molecule has 1 saturated carbocycles. The third kappa shape index (κ3) is 2.15. The molecule has 2 aromatic rings. The number of aromatic nitrogens is 4. The zero-order chi connectivity index (χ0) is 12.4. The lowest BCUT2D eigenvalue weighted by molar-refractivity contribution is 0.298. The van der Waals surface area contributed by atoms with E-state index < -0.39 is 0 Å². The Balaban J connectivity index is 1.93. The van der Waals surface area contributed by atoms with Crippen LogP contribution < -0.4 is 4.74 Å². The third-order valence-electron chi connectivity index (χ3n) is 2.86. The summed E-state index contributed by atoms with van der Waals surface area (Å²) < 4.78 is 7.26. The lowest BCUT2D eigenvalue weighted by atomic mass is 10.2. The van der Waals surface area contributed by atoms with Crippen molar-refractivity contribution in [1.82, 2.24) is 20.2 Å². The number of tetrazole rings is 1. The summed E-state index contributed by atoms with van der Waals surface area (Å²) in [7, 11) is 0. The Bertz CT molecular complexity index is 583. The molecule has 0 aliphatic heterocycles. The molecule has 3 rings (SSSR count). The van der Waals surface area contributed by atoms with Gasteiger partial charge in [-0.2, -0.15) is 9.94 Å². The number of ether oxygens (including phenoxy) is 1. The Morgan fingerprint density at radius 2 is 2.33 bits per heavy atom. The summed E-state index contributed by atoms with van der Waals surface area (Å²) >= 11 is 0. The minimum absolute atomic E-state index is 0.555. The van der Waals surface area contributed by atoms with Crippen molar-refractivity contribution in [1.29, 1.82) is 5.26 Å². The summed E-state index contributed by atoms with van der Waals surface area (Å²) in [5.41, 5.74) is 1.25. The zero-order valence-corrected chi connectivity index (χ0v) is 9.65. The van der Waals surface area contributed by atoms with Crippen LogP contribution in [-0.4, -0.2) is 26.8 Å². The normalized spacial score (nSPS) is 14.2. The van der Waals surface area contributed by atoms with Gasteiger partial charge in [0.25, 0.3) is 0 Å². The predicted octanol–water partition coefficient (Wildman–Crippen LogP) is 1.32. The average Bonchev–Trinajstić information content (AvgIpc) is 3.08. The SMILES string of the molecule is N#Cc1ccc(OCC2CC2)c(-n2cnnn2)c1. The van der Waals surface area contributed by atoms with Crippen LogP contribution in [0.1, 0.15) is 18.4 Å². The van der Waals surface area contributed by atoms with Crippen LogP contribution >= 0.6 is 0 Å². The van der Waals surface area contributed by atoms with Crippen molar-refractivity contribution in [3.05, 3.63) is 30.1 Å². The van der Waals surface area contributed by atoms with Crippen molar-refractivity contribution in [2.75, 3.05) is 6.61 Å². The van der Waals surface area contributed by atoms with Gasteiger partial charge >= 0.3 is 0 Å². The fourth-order valence-electron chi connectivity index (χ4n) is 1.65. The maximum Gasteiger partial charge on any atom is 0.145 e. The smallest absolute Gasteiger partial charge is 0.145 e. The quantitative estimate of drug-likeness (QED) is 0.806. The minimum Gasteiger partial charge on any atom is -0.491 e. The van der Waals surface area contributed by atoms with Crippen molar-refractivity contribution in [3.8, 4) is 17.5 Å². The lowest BCUT2D eigenvalue weighted by Gasteiger charge is -2.10. The first-order valence-corrected chi connectivity index (χ1v) is 5.77. The molecule has 1 aromatic heterocycles. The standard InChI is InChI=1S/C12H11N5O/c13-6-10-3-4-12(18-7-9-1-2-9)11(5-10)17-8-14-15-16-17/h3-5,8-9H,1-2,7H2. The number of nitrogens with zero attached hydrogens (tertiary/aromatic N) is 5. The first-order chi connectivity index (χ1) is 8.86. The van der Waals surface area contributed by atoms with Gasteiger partial charge in [-0.15, -0.1) is 5.10 Å². The molecular weight excluding hydrogens is 230 g/mol. The summed E-state index contributed by atoms with van der Waals surface area (Å²) in [6.07, 6.45) is 3.95. The van der Waals surface area contributed by atoms with E-state index in [4.69, 9.17) is 10.00 Å². The van der Waals surface area contributed by atoms with E-state index in [0.29, 0.717) is 29.5 Å². The van der Waals surface area contributed by atoms with E-state index in [0.717, 1.165) is 0 Å². The van der Waals surface area contributed by atoms with Gasteiger partial charge in [-0.05, 0) is 47.4 Å². The van der Waals surface area contributed by atoms with Crippen molar-refractivity contribution in [2.45, 2.75) is 12.8 Å². The highest BCUT2D eigenvalue weighted by Gasteiger charge is 2.22. The molecule has 1 aromatic carbocycles. The van der Waals surface area contributed by atoms with Gasteiger partial charge in [0.2, 0.25) is 0 Å². The number of hydrogen-bond acceptors (Lipinski definition) is 5. The minimum atomic E-state index is 0.555. The number of nitriles is 1. The Labute approximate surface area is 104 Å². The van der Waals surface area contributed by atoms with Gasteiger partial charge in [-0.25, -0.2) is 0 Å². The molecule has 0 radical (unpaired) electrons. The van der Waals surface area contributed by atoms with E-state index in [9.17, 15) is 0 Å². The second-order valence-electron chi connectivity index (χ2n) is 4.30. The summed E-state index contributed by atoms with van der Waals surface area (Å²) in [5.74, 6) is 1.37. The number of rotatable bonds is 4. The summed E-state index contributed by atoms with van der Waals surface area (Å²) in [6, 6.07) is 7.34. The highest BCUT2D eigenvalue weighted by molar-refractivity contribution is 5.51. The van der Waals surface area contributed by atoms with Gasteiger partial charge in [0.05, 0.1) is 18.2 Å². The summed E-state index contributed by atoms with van der Waals surface area (Å²) in [5, 5.41) is 20.0. The Kier molecular flexibility index (Phi) is 2.65. The molecular formula is C12H11N5O. The van der Waals surface area contributed by atoms with E-state index in [2.05, 4.69) is 21.6 Å². The molecule has 1 fully saturated rings. The first kappa shape index (κ1) is 10.7. The van der Waals surface area contributed by atoms with Crippen molar-refractivity contribution in [3.63, 3.8) is 0 Å². The van der Waals surface area contributed by atoms with Crippen LogP contribution in [0.5, 0.6) is 5.75 Å². The Hall–Kier alpha value is -2.42. The van der Waals surface area contributed by atoms with Crippen LogP contribution in [0.2, 0.25) is 0 Å². The first-order valence-electron chi connectivity index (χ1n) is 5.77. The van der Waals surface area contributed by atoms with Gasteiger partial charge in [-0.1, -0.05) is 0 Å².